The van der Waals surface area contributed by atoms with Gasteiger partial charge in [0.1, 0.15) is 4.21 Å². The quantitative estimate of drug-likeness (QED) is 0.503. The minimum Gasteiger partial charge on any atom is -0.258 e. The van der Waals surface area contributed by atoms with E-state index in [9.17, 15) is 4.21 Å². The largest absolute Gasteiger partial charge is 0.258 e. The van der Waals surface area contributed by atoms with Crippen molar-refractivity contribution in [2.24, 2.45) is 0 Å². The van der Waals surface area contributed by atoms with E-state index in [1.807, 2.05) is 0 Å². The summed E-state index contributed by atoms with van der Waals surface area (Å²) in [6.07, 6.45) is 1.59. The Morgan fingerprint density at radius 2 is 1.71 bits per heavy atom. The molecule has 0 heterocycles. The van der Waals surface area contributed by atoms with Gasteiger partial charge in [-0.05, 0) is 13.8 Å². The van der Waals surface area contributed by atoms with Gasteiger partial charge in [0, 0.05) is 17.1 Å². The number of rotatable bonds is 1. The van der Waals surface area contributed by atoms with E-state index in [1.54, 1.807) is 20.1 Å². The summed E-state index contributed by atoms with van der Waals surface area (Å²) in [5, 5.41) is 0. The van der Waals surface area contributed by atoms with Gasteiger partial charge in [0.25, 0.3) is 0 Å². The van der Waals surface area contributed by atoms with Gasteiger partial charge in [0.2, 0.25) is 0 Å². The highest BCUT2D eigenvalue weighted by Crippen LogP contribution is 2.15. The van der Waals surface area contributed by atoms with Gasteiger partial charge in [-0.3, -0.25) is 4.21 Å². The first-order valence-electron chi connectivity index (χ1n) is 1.97. The Kier molecular flexibility index (Phi) is 2.27. The monoisotopic (exact) mass is 140 g/mol. The highest BCUT2D eigenvalue weighted by atomic mass is 35.5. The second kappa shape index (κ2) is 2.14. The van der Waals surface area contributed by atoms with Crippen LogP contribution in [0.4, 0.5) is 0 Å². The maximum atomic E-state index is 10.4. The van der Waals surface area contributed by atoms with Crippen molar-refractivity contribution >= 4 is 22.4 Å². The molecule has 0 rings (SSSR count). The number of alkyl halides is 1. The molecular formula is C4H9ClOS. The SMILES string of the molecule is CS(=O)C(C)(C)Cl. The fraction of sp³-hybridized carbons (Fsp3) is 1.00. The average Bonchev–Trinajstić information content (AvgIpc) is 1.31. The lowest BCUT2D eigenvalue weighted by Crippen LogP contribution is -2.16. The summed E-state index contributed by atoms with van der Waals surface area (Å²) >= 11 is 5.57. The van der Waals surface area contributed by atoms with Gasteiger partial charge in [-0.1, -0.05) is 0 Å². The van der Waals surface area contributed by atoms with Crippen LogP contribution in [0.25, 0.3) is 0 Å². The second-order valence-corrected chi connectivity index (χ2v) is 4.92. The second-order valence-electron chi connectivity index (χ2n) is 1.82. The zero-order valence-electron chi connectivity index (χ0n) is 4.69. The van der Waals surface area contributed by atoms with Crippen LogP contribution in [0.2, 0.25) is 0 Å². The van der Waals surface area contributed by atoms with Crippen molar-refractivity contribution in [2.75, 3.05) is 6.26 Å². The molecule has 0 amide bonds. The zero-order chi connectivity index (χ0) is 6.08. The maximum absolute atomic E-state index is 10.4. The Bertz CT molecular complexity index is 84.2. The van der Waals surface area contributed by atoms with E-state index in [0.717, 1.165) is 0 Å². The standard InChI is InChI=1S/C4H9ClOS/c1-4(2,5)7(3)6/h1-3H3. The van der Waals surface area contributed by atoms with E-state index in [1.165, 1.54) is 0 Å². The molecule has 0 aliphatic heterocycles. The van der Waals surface area contributed by atoms with Crippen LogP contribution in [0, 0.1) is 0 Å². The summed E-state index contributed by atoms with van der Waals surface area (Å²) in [4.78, 5) is 0. The van der Waals surface area contributed by atoms with Crippen LogP contribution in [-0.4, -0.2) is 14.7 Å². The van der Waals surface area contributed by atoms with Crippen molar-refractivity contribution < 1.29 is 4.21 Å². The van der Waals surface area contributed by atoms with Gasteiger partial charge in [-0.15, -0.1) is 11.6 Å². The zero-order valence-corrected chi connectivity index (χ0v) is 6.27. The first kappa shape index (κ1) is 7.44. The van der Waals surface area contributed by atoms with Crippen LogP contribution in [0.1, 0.15) is 13.8 Å². The summed E-state index contributed by atoms with van der Waals surface area (Å²) in [5.74, 6) is 0. The summed E-state index contributed by atoms with van der Waals surface area (Å²) in [6.45, 7) is 3.45. The fourth-order valence-corrected chi connectivity index (χ4v) is 0. The first-order chi connectivity index (χ1) is 2.94. The van der Waals surface area contributed by atoms with Crippen LogP contribution < -0.4 is 0 Å². The molecule has 0 saturated heterocycles. The van der Waals surface area contributed by atoms with Crippen molar-refractivity contribution in [1.29, 1.82) is 0 Å². The maximum Gasteiger partial charge on any atom is 0.113 e. The van der Waals surface area contributed by atoms with Crippen molar-refractivity contribution in [3.63, 3.8) is 0 Å². The molecule has 0 aliphatic carbocycles. The van der Waals surface area contributed by atoms with Gasteiger partial charge in [0.15, 0.2) is 0 Å². The van der Waals surface area contributed by atoms with Crippen LogP contribution in [-0.2, 0) is 10.8 Å². The van der Waals surface area contributed by atoms with E-state index in [0.29, 0.717) is 0 Å². The normalized spacial score (nSPS) is 16.6. The predicted octanol–water partition coefficient (Wildman–Crippen LogP) is 1.34. The molecule has 0 aromatic carbocycles. The van der Waals surface area contributed by atoms with E-state index >= 15 is 0 Å². The van der Waals surface area contributed by atoms with Crippen molar-refractivity contribution in [3.8, 4) is 0 Å². The molecule has 44 valence electrons. The lowest BCUT2D eigenvalue weighted by molar-refractivity contribution is 0.676. The third-order valence-electron chi connectivity index (χ3n) is 0.684. The molecule has 0 aromatic rings. The van der Waals surface area contributed by atoms with Gasteiger partial charge in [-0.25, -0.2) is 0 Å². The molecule has 0 aromatic heterocycles. The highest BCUT2D eigenvalue weighted by Gasteiger charge is 2.16. The van der Waals surface area contributed by atoms with Crippen molar-refractivity contribution in [3.05, 3.63) is 0 Å². The number of halogens is 1. The van der Waals surface area contributed by atoms with Gasteiger partial charge in [0.05, 0.1) is 0 Å². The van der Waals surface area contributed by atoms with Gasteiger partial charge in [-0.2, -0.15) is 0 Å². The number of hydrogen-bond donors (Lipinski definition) is 0. The van der Waals surface area contributed by atoms with Crippen molar-refractivity contribution in [1.82, 2.24) is 0 Å². The molecule has 0 fully saturated rings. The van der Waals surface area contributed by atoms with E-state index < -0.39 is 15.0 Å². The minimum absolute atomic E-state index is 0.556. The smallest absolute Gasteiger partial charge is 0.113 e. The molecule has 7 heavy (non-hydrogen) atoms. The molecule has 1 atom stereocenters. The molecule has 0 spiro atoms. The molecule has 0 aliphatic rings. The van der Waals surface area contributed by atoms with Gasteiger partial charge < -0.3 is 0 Å². The number of hydrogen-bond acceptors (Lipinski definition) is 1. The molecule has 0 radical (unpaired) electrons. The Balaban J connectivity index is 3.79. The molecule has 0 N–H and O–H groups in total. The van der Waals surface area contributed by atoms with Crippen LogP contribution in [0.5, 0.6) is 0 Å². The molecule has 1 unspecified atom stereocenters. The topological polar surface area (TPSA) is 17.1 Å². The van der Waals surface area contributed by atoms with Crippen LogP contribution in [0.15, 0.2) is 0 Å². The Labute approximate surface area is 51.5 Å². The lowest BCUT2D eigenvalue weighted by atomic mass is 10.6. The van der Waals surface area contributed by atoms with Crippen molar-refractivity contribution in [2.45, 2.75) is 18.1 Å². The summed E-state index contributed by atoms with van der Waals surface area (Å²) in [7, 11) is -0.917. The molecule has 1 nitrogen and oxygen atoms in total. The minimum atomic E-state index is -0.917. The first-order valence-corrected chi connectivity index (χ1v) is 3.90. The predicted molar refractivity (Wildman–Crippen MR) is 34.0 cm³/mol. The lowest BCUT2D eigenvalue weighted by Gasteiger charge is -2.09. The van der Waals surface area contributed by atoms with Crippen LogP contribution in [0.3, 0.4) is 0 Å². The molecule has 0 bridgehead atoms. The summed E-state index contributed by atoms with van der Waals surface area (Å²) in [5.41, 5.74) is 0. The Morgan fingerprint density at radius 3 is 1.71 bits per heavy atom. The Hall–Kier alpha value is 0.440. The molecule has 3 heteroatoms. The average molecular weight is 141 g/mol. The fourth-order valence-electron chi connectivity index (χ4n) is 0. The van der Waals surface area contributed by atoms with E-state index in [4.69, 9.17) is 11.6 Å². The third-order valence-corrected chi connectivity index (χ3v) is 2.70. The summed E-state index contributed by atoms with van der Waals surface area (Å²) < 4.78 is 9.89. The summed E-state index contributed by atoms with van der Waals surface area (Å²) in [6, 6.07) is 0. The van der Waals surface area contributed by atoms with E-state index in [-0.39, 0.29) is 0 Å². The van der Waals surface area contributed by atoms with Gasteiger partial charge >= 0.3 is 0 Å². The van der Waals surface area contributed by atoms with Crippen LogP contribution >= 0.6 is 11.6 Å². The highest BCUT2D eigenvalue weighted by molar-refractivity contribution is 7.87. The third kappa shape index (κ3) is 3.06. The van der Waals surface area contributed by atoms with E-state index in [2.05, 4.69) is 0 Å². The molecular weight excluding hydrogens is 132 g/mol. The molecule has 0 saturated carbocycles. The Morgan fingerprint density at radius 1 is 1.57 bits per heavy atom.